The molecule has 2 N–H and O–H groups in total. The third-order valence-corrected chi connectivity index (χ3v) is 8.28. The number of aromatic nitrogens is 4. The highest BCUT2D eigenvalue weighted by molar-refractivity contribution is 7.87. The van der Waals surface area contributed by atoms with Gasteiger partial charge < -0.3 is 24.1 Å². The van der Waals surface area contributed by atoms with Gasteiger partial charge in [-0.25, -0.2) is 14.6 Å². The molecule has 13 nitrogen and oxygen atoms in total. The Kier molecular flexibility index (Phi) is 8.15. The molecule has 0 spiro atoms. The van der Waals surface area contributed by atoms with Gasteiger partial charge in [-0.05, 0) is 43.3 Å². The molecule has 3 heterocycles. The van der Waals surface area contributed by atoms with Gasteiger partial charge >= 0.3 is 22.1 Å². The summed E-state index contributed by atoms with van der Waals surface area (Å²) in [5, 5.41) is 0. The average molecular weight is 630 g/mol. The van der Waals surface area contributed by atoms with Crippen LogP contribution in [-0.4, -0.2) is 58.7 Å². The molecule has 1 fully saturated rings. The van der Waals surface area contributed by atoms with Crippen LogP contribution in [0.15, 0.2) is 96.2 Å². The second kappa shape index (κ2) is 12.3. The predicted molar refractivity (Wildman–Crippen MR) is 160 cm³/mol. The van der Waals surface area contributed by atoms with Crippen molar-refractivity contribution in [2.45, 2.75) is 36.7 Å². The Morgan fingerprint density at radius 3 is 2.24 bits per heavy atom. The van der Waals surface area contributed by atoms with E-state index >= 15 is 0 Å². The number of esters is 2. The molecule has 3 atom stereocenters. The molecule has 3 aromatic carbocycles. The van der Waals surface area contributed by atoms with E-state index in [0.29, 0.717) is 11.1 Å². The Bertz CT molecular complexity index is 1950. The monoisotopic (exact) mass is 629 g/mol. The molecule has 5 aromatic rings. The van der Waals surface area contributed by atoms with Gasteiger partial charge in [0, 0.05) is 6.42 Å². The normalized spacial score (nSPS) is 18.0. The van der Waals surface area contributed by atoms with Crippen LogP contribution in [-0.2, 0) is 24.3 Å². The molecule has 1 aliphatic heterocycles. The van der Waals surface area contributed by atoms with Crippen LogP contribution in [0, 0.1) is 6.92 Å². The summed E-state index contributed by atoms with van der Waals surface area (Å²) in [7, 11) is -4.28. The number of hydrogen-bond donors (Lipinski definition) is 1. The van der Waals surface area contributed by atoms with E-state index in [1.807, 2.05) is 6.92 Å². The number of fused-ring (bicyclic) bond motifs is 1. The molecule has 1 aliphatic rings. The quantitative estimate of drug-likeness (QED) is 0.184. The van der Waals surface area contributed by atoms with Crippen molar-refractivity contribution in [2.75, 3.05) is 12.3 Å². The Balaban J connectivity index is 1.27. The molecule has 2 aromatic heterocycles. The smallest absolute Gasteiger partial charge is 0.340 e. The number of carbonyl (C=O) groups excluding carboxylic acids is 2. The average Bonchev–Trinajstić information content (AvgIpc) is 3.64. The third kappa shape index (κ3) is 6.46. The number of imidazole rings is 1. The van der Waals surface area contributed by atoms with Crippen LogP contribution in [0.5, 0.6) is 5.88 Å². The van der Waals surface area contributed by atoms with Crippen LogP contribution < -0.4 is 9.92 Å². The number of ether oxygens (including phenoxy) is 3. The first kappa shape index (κ1) is 29.7. The fourth-order valence-corrected chi connectivity index (χ4v) is 5.66. The van der Waals surface area contributed by atoms with Gasteiger partial charge in [-0.15, -0.1) is 0 Å². The molecular formula is C31H27N5O8S. The van der Waals surface area contributed by atoms with Crippen LogP contribution in [0.3, 0.4) is 0 Å². The first-order chi connectivity index (χ1) is 21.7. The highest BCUT2D eigenvalue weighted by atomic mass is 32.2. The maximum atomic E-state index is 13.0. The van der Waals surface area contributed by atoms with Gasteiger partial charge in [-0.2, -0.15) is 18.4 Å². The van der Waals surface area contributed by atoms with E-state index in [1.165, 1.54) is 23.0 Å². The van der Waals surface area contributed by atoms with E-state index in [4.69, 9.17) is 24.1 Å². The second-order valence-corrected chi connectivity index (χ2v) is 11.7. The summed E-state index contributed by atoms with van der Waals surface area (Å²) in [6.45, 7) is 1.61. The number of nitrogens with two attached hydrogens (primary N) is 1. The van der Waals surface area contributed by atoms with Gasteiger partial charge in [-0.3, -0.25) is 4.57 Å². The fraction of sp³-hybridized carbons (Fsp3) is 0.194. The number of carbonyl (C=O) groups is 2. The summed E-state index contributed by atoms with van der Waals surface area (Å²) in [5.74, 6) is -1.78. The van der Waals surface area contributed by atoms with E-state index < -0.39 is 40.5 Å². The zero-order chi connectivity index (χ0) is 31.6. The first-order valence-electron chi connectivity index (χ1n) is 13.8. The lowest BCUT2D eigenvalue weighted by atomic mass is 10.1. The zero-order valence-electron chi connectivity index (χ0n) is 23.8. The van der Waals surface area contributed by atoms with Crippen LogP contribution >= 0.6 is 0 Å². The van der Waals surface area contributed by atoms with E-state index in [1.54, 1.807) is 72.8 Å². The van der Waals surface area contributed by atoms with E-state index in [-0.39, 0.29) is 40.9 Å². The molecule has 0 unspecified atom stereocenters. The lowest BCUT2D eigenvalue weighted by Gasteiger charge is -2.19. The minimum Gasteiger partial charge on any atom is -0.459 e. The maximum absolute atomic E-state index is 13.0. The van der Waals surface area contributed by atoms with Crippen molar-refractivity contribution in [1.29, 1.82) is 0 Å². The Morgan fingerprint density at radius 2 is 1.58 bits per heavy atom. The molecule has 14 heteroatoms. The first-order valence-corrected chi connectivity index (χ1v) is 15.2. The summed E-state index contributed by atoms with van der Waals surface area (Å²) in [4.78, 5) is 38.0. The minimum absolute atomic E-state index is 0.0141. The molecule has 0 amide bonds. The highest BCUT2D eigenvalue weighted by Crippen LogP contribution is 2.35. The summed E-state index contributed by atoms with van der Waals surface area (Å²) in [6.07, 6.45) is -1.02. The molecule has 230 valence electrons. The summed E-state index contributed by atoms with van der Waals surface area (Å²) in [5.41, 5.74) is 7.65. The lowest BCUT2D eigenvalue weighted by Crippen LogP contribution is -2.32. The van der Waals surface area contributed by atoms with Crippen molar-refractivity contribution in [3.05, 3.63) is 108 Å². The largest absolute Gasteiger partial charge is 0.459 e. The Hall–Kier alpha value is -5.34. The van der Waals surface area contributed by atoms with Gasteiger partial charge in [0.2, 0.25) is 5.95 Å². The van der Waals surface area contributed by atoms with Gasteiger partial charge in [-0.1, -0.05) is 54.1 Å². The Morgan fingerprint density at radius 1 is 0.933 bits per heavy atom. The van der Waals surface area contributed by atoms with Crippen molar-refractivity contribution >= 4 is 39.2 Å². The van der Waals surface area contributed by atoms with Crippen molar-refractivity contribution in [3.63, 3.8) is 0 Å². The topological polar surface area (TPSA) is 175 Å². The third-order valence-electron chi connectivity index (χ3n) is 7.05. The molecule has 0 bridgehead atoms. The standard InChI is InChI=1S/C31H27N5O8S/c1-19-12-14-22(15-13-19)45(39,40)44-28-26-27(34-31(32)35-28)36(18-33-26)25-16-23(43-30(38)21-10-6-3-7-11-21)24(42-25)17-41-29(37)20-8-4-2-5-9-20/h2-15,18,23-25H,16-17H2,1H3,(H2,32,34,35)/t23-,24+,25+/m0/s1. The van der Waals surface area contributed by atoms with Gasteiger partial charge in [0.15, 0.2) is 11.2 Å². The van der Waals surface area contributed by atoms with Crippen molar-refractivity contribution in [1.82, 2.24) is 19.5 Å². The van der Waals surface area contributed by atoms with Gasteiger partial charge in [0.1, 0.15) is 29.9 Å². The molecule has 1 saturated heterocycles. The van der Waals surface area contributed by atoms with Gasteiger partial charge in [0.05, 0.1) is 17.5 Å². The molecule has 0 radical (unpaired) electrons. The highest BCUT2D eigenvalue weighted by Gasteiger charge is 2.41. The predicted octanol–water partition coefficient (Wildman–Crippen LogP) is 3.85. The van der Waals surface area contributed by atoms with Crippen LogP contribution in [0.25, 0.3) is 11.2 Å². The van der Waals surface area contributed by atoms with E-state index in [2.05, 4.69) is 15.0 Å². The molecule has 45 heavy (non-hydrogen) atoms. The van der Waals surface area contributed by atoms with E-state index in [9.17, 15) is 18.0 Å². The van der Waals surface area contributed by atoms with E-state index in [0.717, 1.165) is 5.56 Å². The Labute approximate surface area is 257 Å². The SMILES string of the molecule is Cc1ccc(S(=O)(=O)Oc2nc(N)nc3c2ncn3[C@H]2C[C@H](OC(=O)c3ccccc3)[C@@H](COC(=O)c3ccccc3)O2)cc1. The number of benzene rings is 3. The molecule has 0 aliphatic carbocycles. The van der Waals surface area contributed by atoms with Crippen LogP contribution in [0.1, 0.15) is 38.9 Å². The molecule has 6 rings (SSSR count). The number of rotatable bonds is 9. The number of hydrogen-bond acceptors (Lipinski definition) is 12. The summed E-state index contributed by atoms with van der Waals surface area (Å²) in [6, 6.07) is 23.0. The number of aryl methyl sites for hydroxylation is 1. The summed E-state index contributed by atoms with van der Waals surface area (Å²) < 4.78 is 50.4. The molecule has 0 saturated carbocycles. The molecular weight excluding hydrogens is 602 g/mol. The summed E-state index contributed by atoms with van der Waals surface area (Å²) >= 11 is 0. The van der Waals surface area contributed by atoms with Crippen LogP contribution in [0.2, 0.25) is 0 Å². The van der Waals surface area contributed by atoms with Crippen molar-refractivity contribution in [2.24, 2.45) is 0 Å². The minimum atomic E-state index is -4.28. The fourth-order valence-electron chi connectivity index (χ4n) is 4.77. The number of nitrogen functional groups attached to an aromatic ring is 1. The number of anilines is 1. The lowest BCUT2D eigenvalue weighted by molar-refractivity contribution is -0.0563. The van der Waals surface area contributed by atoms with Crippen molar-refractivity contribution < 1.29 is 36.4 Å². The second-order valence-electron chi connectivity index (χ2n) is 10.2. The van der Waals surface area contributed by atoms with Crippen LogP contribution in [0.4, 0.5) is 5.95 Å². The number of nitrogens with zero attached hydrogens (tertiary/aromatic N) is 4. The zero-order valence-corrected chi connectivity index (χ0v) is 24.7. The maximum Gasteiger partial charge on any atom is 0.340 e. The van der Waals surface area contributed by atoms with Gasteiger partial charge in [0.25, 0.3) is 5.88 Å². The van der Waals surface area contributed by atoms with Crippen molar-refractivity contribution in [3.8, 4) is 5.88 Å².